The molecule has 218 valence electrons. The molecule has 2 saturated heterocycles. The largest absolute Gasteiger partial charge is 0.522 e. The predicted octanol–water partition coefficient (Wildman–Crippen LogP) is 6.56. The zero-order chi connectivity index (χ0) is 27.1. The van der Waals surface area contributed by atoms with Crippen LogP contribution in [0.4, 0.5) is 30.7 Å². The van der Waals surface area contributed by atoms with Gasteiger partial charge in [0.1, 0.15) is 6.10 Å². The summed E-state index contributed by atoms with van der Waals surface area (Å²) in [4.78, 5) is 0. The van der Waals surface area contributed by atoms with E-state index in [1.165, 1.54) is 0 Å². The summed E-state index contributed by atoms with van der Waals surface area (Å²) in [5.41, 5.74) is 0. The van der Waals surface area contributed by atoms with Gasteiger partial charge in [0.2, 0.25) is 0 Å². The van der Waals surface area contributed by atoms with Crippen LogP contribution < -0.4 is 0 Å². The molecule has 3 fully saturated rings. The summed E-state index contributed by atoms with van der Waals surface area (Å²) in [6.07, 6.45) is -14.5. The van der Waals surface area contributed by atoms with E-state index in [2.05, 4.69) is 11.7 Å². The average Bonchev–Trinajstić information content (AvgIpc) is 2.82. The predicted molar refractivity (Wildman–Crippen MR) is 116 cm³/mol. The summed E-state index contributed by atoms with van der Waals surface area (Å²) in [5.74, 6) is 0.0390. The molecular weight excluding hydrogens is 517 g/mol. The second-order valence-corrected chi connectivity index (χ2v) is 10.1. The van der Waals surface area contributed by atoms with Crippen molar-refractivity contribution in [2.24, 2.45) is 5.92 Å². The van der Waals surface area contributed by atoms with Crippen LogP contribution in [0.3, 0.4) is 0 Å². The Bertz CT molecular complexity index is 656. The fourth-order valence-electron chi connectivity index (χ4n) is 4.88. The topological polar surface area (TPSA) is 55.4 Å². The fraction of sp³-hybridized carbons (Fsp3) is 1.00. The van der Waals surface area contributed by atoms with Crippen molar-refractivity contribution in [3.63, 3.8) is 0 Å². The van der Waals surface area contributed by atoms with Crippen LogP contribution in [0.2, 0.25) is 0 Å². The van der Waals surface area contributed by atoms with Crippen LogP contribution in [-0.4, -0.2) is 69.1 Å². The van der Waals surface area contributed by atoms with Gasteiger partial charge in [-0.2, -0.15) is 17.6 Å². The molecule has 2 unspecified atom stereocenters. The Morgan fingerprint density at radius 2 is 1.19 bits per heavy atom. The molecule has 0 aromatic heterocycles. The molecule has 6 nitrogen and oxygen atoms in total. The molecule has 37 heavy (non-hydrogen) atoms. The summed E-state index contributed by atoms with van der Waals surface area (Å²) < 4.78 is 124. The third-order valence-corrected chi connectivity index (χ3v) is 6.89. The number of hydrogen-bond acceptors (Lipinski definition) is 6. The van der Waals surface area contributed by atoms with Gasteiger partial charge in [0, 0.05) is 5.92 Å². The van der Waals surface area contributed by atoms with Gasteiger partial charge >= 0.3 is 18.6 Å². The molecule has 0 N–H and O–H groups in total. The molecular formula is C24H37F7O6. The zero-order valence-electron chi connectivity index (χ0n) is 21.0. The third kappa shape index (κ3) is 10.1. The SMILES string of the molecule is CCCCCCC1COC(C(F)(F)OC2CCC(C(F)(F)OC3CCC(OC(F)(F)F)CC3)OC2)OC1. The maximum atomic E-state index is 14.6. The minimum atomic E-state index is -4.78. The monoisotopic (exact) mass is 554 g/mol. The lowest BCUT2D eigenvalue weighted by atomic mass is 9.95. The lowest BCUT2D eigenvalue weighted by Gasteiger charge is -2.38. The van der Waals surface area contributed by atoms with Gasteiger partial charge in [-0.25, -0.2) is 0 Å². The van der Waals surface area contributed by atoms with Gasteiger partial charge in [0.05, 0.1) is 38.1 Å². The van der Waals surface area contributed by atoms with Crippen molar-refractivity contribution in [3.8, 4) is 0 Å². The van der Waals surface area contributed by atoms with Crippen molar-refractivity contribution < 1.29 is 59.2 Å². The summed E-state index contributed by atoms with van der Waals surface area (Å²) in [5, 5.41) is 0. The number of hydrogen-bond donors (Lipinski definition) is 0. The van der Waals surface area contributed by atoms with Crippen LogP contribution in [0.1, 0.15) is 77.6 Å². The first-order chi connectivity index (χ1) is 17.4. The van der Waals surface area contributed by atoms with Gasteiger partial charge in [-0.05, 0) is 44.9 Å². The highest BCUT2D eigenvalue weighted by atomic mass is 19.4. The second-order valence-electron chi connectivity index (χ2n) is 10.1. The number of ether oxygens (including phenoxy) is 6. The van der Waals surface area contributed by atoms with E-state index in [1.807, 2.05) is 0 Å². The first kappa shape index (κ1) is 30.8. The Morgan fingerprint density at radius 3 is 1.73 bits per heavy atom. The zero-order valence-corrected chi connectivity index (χ0v) is 21.0. The van der Waals surface area contributed by atoms with E-state index in [0.29, 0.717) is 0 Å². The summed E-state index contributed by atoms with van der Waals surface area (Å²) >= 11 is 0. The highest BCUT2D eigenvalue weighted by molar-refractivity contribution is 4.82. The highest BCUT2D eigenvalue weighted by Crippen LogP contribution is 2.38. The van der Waals surface area contributed by atoms with Crippen molar-refractivity contribution in [1.82, 2.24) is 0 Å². The van der Waals surface area contributed by atoms with Crippen LogP contribution in [0.15, 0.2) is 0 Å². The highest BCUT2D eigenvalue weighted by Gasteiger charge is 2.51. The second kappa shape index (κ2) is 13.6. The van der Waals surface area contributed by atoms with E-state index in [-0.39, 0.29) is 57.7 Å². The Hall–Kier alpha value is -0.730. The first-order valence-corrected chi connectivity index (χ1v) is 13.1. The smallest absolute Gasteiger partial charge is 0.366 e. The molecule has 0 aromatic rings. The van der Waals surface area contributed by atoms with Crippen molar-refractivity contribution >= 4 is 0 Å². The minimum Gasteiger partial charge on any atom is -0.366 e. The Kier molecular flexibility index (Phi) is 11.3. The molecule has 3 aliphatic rings. The molecule has 3 rings (SSSR count). The van der Waals surface area contributed by atoms with Gasteiger partial charge in [-0.1, -0.05) is 32.6 Å². The molecule has 13 heteroatoms. The van der Waals surface area contributed by atoms with Crippen LogP contribution in [0.25, 0.3) is 0 Å². The van der Waals surface area contributed by atoms with Gasteiger partial charge in [-0.15, -0.1) is 13.2 Å². The molecule has 1 saturated carbocycles. The average molecular weight is 555 g/mol. The molecule has 2 heterocycles. The van der Waals surface area contributed by atoms with Crippen LogP contribution in [0.5, 0.6) is 0 Å². The van der Waals surface area contributed by atoms with Crippen LogP contribution in [0, 0.1) is 5.92 Å². The van der Waals surface area contributed by atoms with Crippen LogP contribution in [-0.2, 0) is 28.4 Å². The standard InChI is InChI=1S/C24H37F7O6/c1-2-3-4-5-6-16-13-33-21(34-14-16)23(27,28)36-19-11-12-20(32-15-19)22(25,26)35-17-7-9-18(10-8-17)37-24(29,30)31/h16-21H,2-15H2,1H3. The van der Waals surface area contributed by atoms with Gasteiger partial charge in [0.15, 0.2) is 0 Å². The number of alkyl halides is 7. The molecule has 1 aliphatic carbocycles. The van der Waals surface area contributed by atoms with E-state index >= 15 is 0 Å². The maximum Gasteiger partial charge on any atom is 0.522 e. The quantitative estimate of drug-likeness (QED) is 0.201. The number of halogens is 7. The normalized spacial score (nSPS) is 32.4. The Labute approximate surface area is 212 Å². The van der Waals surface area contributed by atoms with Gasteiger partial charge < -0.3 is 23.7 Å². The van der Waals surface area contributed by atoms with Crippen molar-refractivity contribution in [3.05, 3.63) is 0 Å². The maximum absolute atomic E-state index is 14.6. The number of unbranched alkanes of at least 4 members (excludes halogenated alkanes) is 3. The summed E-state index contributed by atoms with van der Waals surface area (Å²) in [7, 11) is 0. The van der Waals surface area contributed by atoms with Gasteiger partial charge in [0.25, 0.3) is 6.29 Å². The minimum absolute atomic E-state index is 0.0258. The van der Waals surface area contributed by atoms with E-state index < -0.39 is 55.9 Å². The molecule has 0 bridgehead atoms. The fourth-order valence-corrected chi connectivity index (χ4v) is 4.88. The molecule has 0 radical (unpaired) electrons. The Morgan fingerprint density at radius 1 is 0.622 bits per heavy atom. The Balaban J connectivity index is 1.36. The summed E-state index contributed by atoms with van der Waals surface area (Å²) in [6, 6.07) is 0. The lowest BCUT2D eigenvalue weighted by molar-refractivity contribution is -0.398. The van der Waals surface area contributed by atoms with Crippen molar-refractivity contribution in [1.29, 1.82) is 0 Å². The van der Waals surface area contributed by atoms with Crippen LogP contribution >= 0.6 is 0 Å². The summed E-state index contributed by atoms with van der Waals surface area (Å²) in [6.45, 7) is 1.86. The van der Waals surface area contributed by atoms with E-state index in [9.17, 15) is 30.7 Å². The van der Waals surface area contributed by atoms with Crippen molar-refractivity contribution in [2.45, 2.75) is 127 Å². The van der Waals surface area contributed by atoms with Crippen molar-refractivity contribution in [2.75, 3.05) is 19.8 Å². The molecule has 0 spiro atoms. The lowest BCUT2D eigenvalue weighted by Crippen LogP contribution is -2.51. The van der Waals surface area contributed by atoms with E-state index in [4.69, 9.17) is 23.7 Å². The molecule has 2 atom stereocenters. The third-order valence-electron chi connectivity index (χ3n) is 6.89. The molecule has 0 amide bonds. The molecule has 0 aromatic carbocycles. The molecule has 2 aliphatic heterocycles. The van der Waals surface area contributed by atoms with E-state index in [1.54, 1.807) is 0 Å². The first-order valence-electron chi connectivity index (χ1n) is 13.1. The van der Waals surface area contributed by atoms with E-state index in [0.717, 1.165) is 32.1 Å². The van der Waals surface area contributed by atoms with Gasteiger partial charge in [-0.3, -0.25) is 4.74 Å². The number of rotatable bonds is 12.